The minimum atomic E-state index is -4.40. The van der Waals surface area contributed by atoms with E-state index in [1.165, 1.54) is 16.7 Å². The van der Waals surface area contributed by atoms with E-state index in [0.717, 1.165) is 23.3 Å². The van der Waals surface area contributed by atoms with Crippen LogP contribution in [-0.2, 0) is 12.7 Å². The van der Waals surface area contributed by atoms with Crippen molar-refractivity contribution in [3.63, 3.8) is 0 Å². The molecule has 0 bridgehead atoms. The molecule has 3 rings (SSSR count). The van der Waals surface area contributed by atoms with Crippen LogP contribution in [0, 0.1) is 0 Å². The molecule has 0 atom stereocenters. The molecule has 2 aromatic carbocycles. The molecule has 0 saturated heterocycles. The Labute approximate surface area is 136 Å². The van der Waals surface area contributed by atoms with E-state index < -0.39 is 11.7 Å². The van der Waals surface area contributed by atoms with Crippen LogP contribution < -0.4 is 5.56 Å². The standard InChI is InChI=1S/C19H14F3NO/c20-19(21,22)17-8-4-5-14(11-17)12-23-13-16(9-10-18(23)24)15-6-2-1-3-7-15/h1-11,13H,12H2. The molecular formula is C19H14F3NO. The number of aromatic nitrogens is 1. The van der Waals surface area contributed by atoms with E-state index >= 15 is 0 Å². The molecule has 0 amide bonds. The number of halogens is 3. The Kier molecular flexibility index (Phi) is 4.25. The van der Waals surface area contributed by atoms with Gasteiger partial charge in [0.25, 0.3) is 5.56 Å². The van der Waals surface area contributed by atoms with Gasteiger partial charge < -0.3 is 4.57 Å². The first kappa shape index (κ1) is 16.1. The zero-order valence-electron chi connectivity index (χ0n) is 12.6. The molecule has 0 unspecified atom stereocenters. The normalized spacial score (nSPS) is 11.5. The fraction of sp³-hybridized carbons (Fsp3) is 0.105. The summed E-state index contributed by atoms with van der Waals surface area (Å²) in [6, 6.07) is 17.6. The van der Waals surface area contributed by atoms with Crippen molar-refractivity contribution in [3.05, 3.63) is 94.4 Å². The summed E-state index contributed by atoms with van der Waals surface area (Å²) in [5.41, 5.74) is 1.23. The zero-order valence-corrected chi connectivity index (χ0v) is 12.6. The maximum absolute atomic E-state index is 12.8. The number of alkyl halides is 3. The number of rotatable bonds is 3. The van der Waals surface area contributed by atoms with E-state index in [4.69, 9.17) is 0 Å². The van der Waals surface area contributed by atoms with E-state index in [-0.39, 0.29) is 12.1 Å². The summed E-state index contributed by atoms with van der Waals surface area (Å²) in [6.07, 6.45) is -2.73. The molecule has 122 valence electrons. The van der Waals surface area contributed by atoms with Gasteiger partial charge >= 0.3 is 6.18 Å². The highest BCUT2D eigenvalue weighted by molar-refractivity contribution is 5.61. The molecule has 0 saturated carbocycles. The molecule has 0 aliphatic heterocycles. The van der Waals surface area contributed by atoms with Gasteiger partial charge in [0.15, 0.2) is 0 Å². The molecule has 0 spiro atoms. The number of nitrogens with zero attached hydrogens (tertiary/aromatic N) is 1. The molecular weight excluding hydrogens is 315 g/mol. The molecule has 0 aliphatic rings. The Bertz CT molecular complexity index is 898. The van der Waals surface area contributed by atoms with E-state index in [0.29, 0.717) is 5.56 Å². The second-order valence-corrected chi connectivity index (χ2v) is 5.45. The lowest BCUT2D eigenvalue weighted by Crippen LogP contribution is -2.19. The van der Waals surface area contributed by atoms with Gasteiger partial charge in [0.1, 0.15) is 0 Å². The van der Waals surface area contributed by atoms with Crippen LogP contribution in [0.3, 0.4) is 0 Å². The van der Waals surface area contributed by atoms with Crippen LogP contribution >= 0.6 is 0 Å². The molecule has 0 radical (unpaired) electrons. The average Bonchev–Trinajstić information content (AvgIpc) is 2.57. The van der Waals surface area contributed by atoms with Crippen LogP contribution in [0.5, 0.6) is 0 Å². The van der Waals surface area contributed by atoms with E-state index in [1.807, 2.05) is 30.3 Å². The van der Waals surface area contributed by atoms with Crippen molar-refractivity contribution in [2.24, 2.45) is 0 Å². The molecule has 5 heteroatoms. The summed E-state index contributed by atoms with van der Waals surface area (Å²) in [7, 11) is 0. The highest BCUT2D eigenvalue weighted by Gasteiger charge is 2.30. The Morgan fingerprint density at radius 1 is 0.833 bits per heavy atom. The summed E-state index contributed by atoms with van der Waals surface area (Å²) in [5.74, 6) is 0. The summed E-state index contributed by atoms with van der Waals surface area (Å²) >= 11 is 0. The minimum absolute atomic E-state index is 0.0867. The van der Waals surface area contributed by atoms with E-state index in [9.17, 15) is 18.0 Å². The van der Waals surface area contributed by atoms with Crippen LogP contribution in [0.1, 0.15) is 11.1 Å². The van der Waals surface area contributed by atoms with Crippen LogP contribution in [0.25, 0.3) is 11.1 Å². The third kappa shape index (κ3) is 3.56. The molecule has 1 heterocycles. The fourth-order valence-corrected chi connectivity index (χ4v) is 2.50. The Morgan fingerprint density at radius 3 is 2.29 bits per heavy atom. The smallest absolute Gasteiger partial charge is 0.310 e. The lowest BCUT2D eigenvalue weighted by molar-refractivity contribution is -0.137. The van der Waals surface area contributed by atoms with Gasteiger partial charge in [0.2, 0.25) is 0 Å². The first-order valence-electron chi connectivity index (χ1n) is 7.35. The second kappa shape index (κ2) is 6.35. The quantitative estimate of drug-likeness (QED) is 0.689. The van der Waals surface area contributed by atoms with Crippen LogP contribution in [0.4, 0.5) is 13.2 Å². The predicted molar refractivity (Wildman–Crippen MR) is 86.7 cm³/mol. The third-order valence-corrected chi connectivity index (χ3v) is 3.70. The minimum Gasteiger partial charge on any atom is -0.310 e. The summed E-state index contributed by atoms with van der Waals surface area (Å²) in [4.78, 5) is 12.0. The van der Waals surface area contributed by atoms with Crippen molar-refractivity contribution in [3.8, 4) is 11.1 Å². The maximum Gasteiger partial charge on any atom is 0.416 e. The SMILES string of the molecule is O=c1ccc(-c2ccccc2)cn1Cc1cccc(C(F)(F)F)c1. The molecule has 1 aromatic heterocycles. The van der Waals surface area contributed by atoms with Crippen molar-refractivity contribution >= 4 is 0 Å². The Morgan fingerprint density at radius 2 is 1.58 bits per heavy atom. The van der Waals surface area contributed by atoms with Gasteiger partial charge in [-0.1, -0.05) is 42.5 Å². The maximum atomic E-state index is 12.8. The van der Waals surface area contributed by atoms with Gasteiger partial charge in [0, 0.05) is 12.3 Å². The number of hydrogen-bond acceptors (Lipinski definition) is 1. The van der Waals surface area contributed by atoms with Crippen LogP contribution in [-0.4, -0.2) is 4.57 Å². The Hall–Kier alpha value is -2.82. The summed E-state index contributed by atoms with van der Waals surface area (Å²) in [5, 5.41) is 0. The summed E-state index contributed by atoms with van der Waals surface area (Å²) in [6.45, 7) is 0.0867. The van der Waals surface area contributed by atoms with Crippen LogP contribution in [0.2, 0.25) is 0 Å². The first-order valence-corrected chi connectivity index (χ1v) is 7.35. The molecule has 0 fully saturated rings. The second-order valence-electron chi connectivity index (χ2n) is 5.45. The largest absolute Gasteiger partial charge is 0.416 e. The fourth-order valence-electron chi connectivity index (χ4n) is 2.50. The monoisotopic (exact) mass is 329 g/mol. The molecule has 2 nitrogen and oxygen atoms in total. The van der Waals surface area contributed by atoms with Crippen molar-refractivity contribution < 1.29 is 13.2 Å². The van der Waals surface area contributed by atoms with Crippen LogP contribution in [0.15, 0.2) is 77.7 Å². The van der Waals surface area contributed by atoms with Crippen molar-refractivity contribution in [2.75, 3.05) is 0 Å². The Balaban J connectivity index is 1.95. The predicted octanol–water partition coefficient (Wildman–Crippen LogP) is 4.58. The lowest BCUT2D eigenvalue weighted by atomic mass is 10.1. The highest BCUT2D eigenvalue weighted by atomic mass is 19.4. The zero-order chi connectivity index (χ0) is 17.2. The van der Waals surface area contributed by atoms with Gasteiger partial charge in [-0.05, 0) is 34.9 Å². The third-order valence-electron chi connectivity index (χ3n) is 3.70. The highest BCUT2D eigenvalue weighted by Crippen LogP contribution is 2.29. The molecule has 0 N–H and O–H groups in total. The average molecular weight is 329 g/mol. The number of pyridine rings is 1. The van der Waals surface area contributed by atoms with Gasteiger partial charge in [-0.3, -0.25) is 4.79 Å². The van der Waals surface area contributed by atoms with Crippen molar-refractivity contribution in [1.29, 1.82) is 0 Å². The molecule has 0 aliphatic carbocycles. The topological polar surface area (TPSA) is 22.0 Å². The van der Waals surface area contributed by atoms with Gasteiger partial charge in [0.05, 0.1) is 12.1 Å². The van der Waals surface area contributed by atoms with E-state index in [1.54, 1.807) is 18.3 Å². The molecule has 3 aromatic rings. The first-order chi connectivity index (χ1) is 11.4. The van der Waals surface area contributed by atoms with Crippen molar-refractivity contribution in [2.45, 2.75) is 12.7 Å². The van der Waals surface area contributed by atoms with Gasteiger partial charge in [-0.15, -0.1) is 0 Å². The lowest BCUT2D eigenvalue weighted by Gasteiger charge is -2.11. The summed E-state index contributed by atoms with van der Waals surface area (Å²) < 4.78 is 39.8. The number of benzene rings is 2. The van der Waals surface area contributed by atoms with E-state index in [2.05, 4.69) is 0 Å². The number of hydrogen-bond donors (Lipinski definition) is 0. The molecule has 24 heavy (non-hydrogen) atoms. The van der Waals surface area contributed by atoms with Crippen molar-refractivity contribution in [1.82, 2.24) is 4.57 Å². The van der Waals surface area contributed by atoms with Gasteiger partial charge in [-0.25, -0.2) is 0 Å². The van der Waals surface area contributed by atoms with Gasteiger partial charge in [-0.2, -0.15) is 13.2 Å².